The molecule has 1 atom stereocenters. The molecule has 1 aromatic heterocycles. The topological polar surface area (TPSA) is 42.4 Å². The number of amides is 1. The van der Waals surface area contributed by atoms with Crippen molar-refractivity contribution in [3.8, 4) is 0 Å². The molecule has 0 N–H and O–H groups in total. The highest BCUT2D eigenvalue weighted by Gasteiger charge is 2.30. The Labute approximate surface area is 118 Å². The predicted molar refractivity (Wildman–Crippen MR) is 76.3 cm³/mol. The molecule has 19 heavy (non-hydrogen) atoms. The number of hydrogen-bond acceptors (Lipinski definition) is 4. The first kappa shape index (κ1) is 14.2. The molecule has 104 valence electrons. The van der Waals surface area contributed by atoms with Crippen molar-refractivity contribution in [2.45, 2.75) is 43.1 Å². The molecule has 2 heterocycles. The summed E-state index contributed by atoms with van der Waals surface area (Å²) in [6.07, 6.45) is 2.57. The van der Waals surface area contributed by atoms with Crippen LogP contribution in [0.15, 0.2) is 29.4 Å². The van der Waals surface area contributed by atoms with E-state index in [1.54, 1.807) is 22.9 Å². The molecule has 2 rings (SSSR count). The van der Waals surface area contributed by atoms with Crippen molar-refractivity contribution >= 4 is 17.9 Å². The van der Waals surface area contributed by atoms with Gasteiger partial charge in [-0.2, -0.15) is 0 Å². The van der Waals surface area contributed by atoms with Gasteiger partial charge in [0.2, 0.25) is 0 Å². The standard InChI is InChI=1S/C14H20N2O2S/c1-14(2,3)18-13(17)16-9-7-11(10-16)19-12-6-4-5-8-15-12/h4-6,8,11H,7,9-10H2,1-3H3. The second-order valence-corrected chi connectivity index (χ2v) is 6.94. The average molecular weight is 280 g/mol. The third-order valence-electron chi connectivity index (χ3n) is 2.72. The molecule has 1 fully saturated rings. The molecule has 1 aromatic rings. The molecule has 1 saturated heterocycles. The molecule has 1 amide bonds. The van der Waals surface area contributed by atoms with Gasteiger partial charge >= 0.3 is 6.09 Å². The van der Waals surface area contributed by atoms with Crippen LogP contribution in [0.3, 0.4) is 0 Å². The maximum atomic E-state index is 11.9. The number of nitrogens with zero attached hydrogens (tertiary/aromatic N) is 2. The number of pyridine rings is 1. The fraction of sp³-hybridized carbons (Fsp3) is 0.571. The van der Waals surface area contributed by atoms with Gasteiger partial charge in [0, 0.05) is 24.5 Å². The lowest BCUT2D eigenvalue weighted by atomic mass is 10.2. The highest BCUT2D eigenvalue weighted by atomic mass is 32.2. The molecule has 0 spiro atoms. The van der Waals surface area contributed by atoms with Crippen LogP contribution in [0.1, 0.15) is 27.2 Å². The van der Waals surface area contributed by atoms with E-state index in [9.17, 15) is 4.79 Å². The van der Waals surface area contributed by atoms with E-state index in [-0.39, 0.29) is 6.09 Å². The largest absolute Gasteiger partial charge is 0.444 e. The predicted octanol–water partition coefficient (Wildman–Crippen LogP) is 3.18. The summed E-state index contributed by atoms with van der Waals surface area (Å²) in [4.78, 5) is 18.0. The van der Waals surface area contributed by atoms with Gasteiger partial charge in [0.05, 0.1) is 5.03 Å². The lowest BCUT2D eigenvalue weighted by Gasteiger charge is -2.24. The van der Waals surface area contributed by atoms with E-state index in [0.717, 1.165) is 24.5 Å². The number of aromatic nitrogens is 1. The van der Waals surface area contributed by atoms with E-state index in [1.165, 1.54) is 0 Å². The Morgan fingerprint density at radius 2 is 2.26 bits per heavy atom. The molecular formula is C14H20N2O2S. The number of thioether (sulfide) groups is 1. The molecule has 5 heteroatoms. The minimum atomic E-state index is -0.427. The third-order valence-corrected chi connectivity index (χ3v) is 3.92. The molecule has 0 bridgehead atoms. The van der Waals surface area contributed by atoms with E-state index >= 15 is 0 Å². The molecule has 1 aliphatic heterocycles. The summed E-state index contributed by atoms with van der Waals surface area (Å²) in [5.74, 6) is 0. The monoisotopic (exact) mass is 280 g/mol. The van der Waals surface area contributed by atoms with E-state index in [1.807, 2.05) is 39.0 Å². The van der Waals surface area contributed by atoms with Gasteiger partial charge in [0.15, 0.2) is 0 Å². The van der Waals surface area contributed by atoms with Crippen molar-refractivity contribution in [1.82, 2.24) is 9.88 Å². The molecule has 1 aliphatic rings. The Morgan fingerprint density at radius 3 is 2.89 bits per heavy atom. The first-order chi connectivity index (χ1) is 8.94. The van der Waals surface area contributed by atoms with E-state index in [4.69, 9.17) is 4.74 Å². The van der Waals surface area contributed by atoms with Crippen LogP contribution in [0.2, 0.25) is 0 Å². The number of carbonyl (C=O) groups is 1. The van der Waals surface area contributed by atoms with Gasteiger partial charge in [-0.1, -0.05) is 6.07 Å². The maximum absolute atomic E-state index is 11.9. The van der Waals surface area contributed by atoms with E-state index in [2.05, 4.69) is 4.98 Å². The van der Waals surface area contributed by atoms with Crippen LogP contribution >= 0.6 is 11.8 Å². The van der Waals surface area contributed by atoms with Crippen molar-refractivity contribution in [1.29, 1.82) is 0 Å². The van der Waals surface area contributed by atoms with Crippen LogP contribution in [-0.2, 0) is 4.74 Å². The number of rotatable bonds is 2. The molecule has 0 aliphatic carbocycles. The Hall–Kier alpha value is -1.23. The number of ether oxygens (including phenoxy) is 1. The summed E-state index contributed by atoms with van der Waals surface area (Å²) < 4.78 is 5.38. The fourth-order valence-corrected chi connectivity index (χ4v) is 3.00. The van der Waals surface area contributed by atoms with Crippen molar-refractivity contribution in [3.05, 3.63) is 24.4 Å². The summed E-state index contributed by atoms with van der Waals surface area (Å²) in [5.41, 5.74) is -0.427. The lowest BCUT2D eigenvalue weighted by Crippen LogP contribution is -2.35. The van der Waals surface area contributed by atoms with Crippen LogP contribution in [0.4, 0.5) is 4.79 Å². The van der Waals surface area contributed by atoms with Crippen LogP contribution < -0.4 is 0 Å². The highest BCUT2D eigenvalue weighted by molar-refractivity contribution is 7.99. The Balaban J connectivity index is 1.85. The average Bonchev–Trinajstić information content (AvgIpc) is 2.77. The fourth-order valence-electron chi connectivity index (χ4n) is 1.90. The van der Waals surface area contributed by atoms with Crippen molar-refractivity contribution in [3.63, 3.8) is 0 Å². The first-order valence-electron chi connectivity index (χ1n) is 6.50. The lowest BCUT2D eigenvalue weighted by molar-refractivity contribution is 0.0295. The molecule has 4 nitrogen and oxygen atoms in total. The Bertz CT molecular complexity index is 431. The van der Waals surface area contributed by atoms with Gasteiger partial charge in [-0.3, -0.25) is 0 Å². The number of carbonyl (C=O) groups excluding carboxylic acids is 1. The Kier molecular flexibility index (Phi) is 4.34. The second-order valence-electron chi connectivity index (χ2n) is 5.62. The number of likely N-dealkylation sites (tertiary alicyclic amines) is 1. The quantitative estimate of drug-likeness (QED) is 0.834. The SMILES string of the molecule is CC(C)(C)OC(=O)N1CCC(Sc2ccccn2)C1. The molecule has 0 radical (unpaired) electrons. The van der Waals surface area contributed by atoms with Crippen molar-refractivity contribution < 1.29 is 9.53 Å². The second kappa shape index (κ2) is 5.82. The number of hydrogen-bond donors (Lipinski definition) is 0. The van der Waals surface area contributed by atoms with Crippen LogP contribution in [0.25, 0.3) is 0 Å². The van der Waals surface area contributed by atoms with Gasteiger partial charge in [-0.25, -0.2) is 9.78 Å². The van der Waals surface area contributed by atoms with Crippen LogP contribution in [0.5, 0.6) is 0 Å². The van der Waals surface area contributed by atoms with Gasteiger partial charge in [0.25, 0.3) is 0 Å². The maximum Gasteiger partial charge on any atom is 0.410 e. The summed E-state index contributed by atoms with van der Waals surface area (Å²) in [5, 5.41) is 1.42. The van der Waals surface area contributed by atoms with Crippen LogP contribution in [0, 0.1) is 0 Å². The minimum absolute atomic E-state index is 0.211. The highest BCUT2D eigenvalue weighted by Crippen LogP contribution is 2.28. The van der Waals surface area contributed by atoms with Crippen LogP contribution in [-0.4, -0.2) is 39.9 Å². The summed E-state index contributed by atoms with van der Waals surface area (Å²) >= 11 is 1.73. The molecular weight excluding hydrogens is 260 g/mol. The van der Waals surface area contributed by atoms with E-state index < -0.39 is 5.60 Å². The Morgan fingerprint density at radius 1 is 1.47 bits per heavy atom. The first-order valence-corrected chi connectivity index (χ1v) is 7.37. The zero-order valence-corrected chi connectivity index (χ0v) is 12.4. The van der Waals surface area contributed by atoms with Gasteiger partial charge in [-0.05, 0) is 39.3 Å². The summed E-state index contributed by atoms with van der Waals surface area (Å²) in [7, 11) is 0. The summed E-state index contributed by atoms with van der Waals surface area (Å²) in [6.45, 7) is 7.17. The van der Waals surface area contributed by atoms with Crippen molar-refractivity contribution in [2.24, 2.45) is 0 Å². The summed E-state index contributed by atoms with van der Waals surface area (Å²) in [6, 6.07) is 5.89. The molecule has 1 unspecified atom stereocenters. The zero-order valence-electron chi connectivity index (χ0n) is 11.6. The minimum Gasteiger partial charge on any atom is -0.444 e. The van der Waals surface area contributed by atoms with Gasteiger partial charge < -0.3 is 9.64 Å². The molecule has 0 aromatic carbocycles. The zero-order chi connectivity index (χ0) is 13.9. The van der Waals surface area contributed by atoms with Gasteiger partial charge in [-0.15, -0.1) is 11.8 Å². The van der Waals surface area contributed by atoms with Gasteiger partial charge in [0.1, 0.15) is 5.60 Å². The van der Waals surface area contributed by atoms with Crippen molar-refractivity contribution in [2.75, 3.05) is 13.1 Å². The third kappa shape index (κ3) is 4.42. The normalized spacial score (nSPS) is 19.5. The smallest absolute Gasteiger partial charge is 0.410 e. The molecule has 0 saturated carbocycles. The van der Waals surface area contributed by atoms with E-state index in [0.29, 0.717) is 5.25 Å².